The molecule has 1 aliphatic rings. The molecule has 126 valence electrons. The number of carbonyl (C=O) groups is 2. The molecule has 1 amide bonds. The van der Waals surface area contributed by atoms with E-state index in [2.05, 4.69) is 15.5 Å². The van der Waals surface area contributed by atoms with Gasteiger partial charge in [0.15, 0.2) is 5.76 Å². The second-order valence-electron chi connectivity index (χ2n) is 5.72. The van der Waals surface area contributed by atoms with Crippen molar-refractivity contribution in [2.45, 2.75) is 25.3 Å². The van der Waals surface area contributed by atoms with E-state index in [0.29, 0.717) is 31.8 Å². The van der Waals surface area contributed by atoms with E-state index >= 15 is 0 Å². The zero-order valence-electron chi connectivity index (χ0n) is 13.1. The standard InChI is InChI=1S/C16H17N3O5/c1-10-8-13(24-19-10)16(3-6-23-7-4-16)18-14(20)12-9-11(15(21)22)2-5-17-12/h2,5,8-9H,3-4,6-7H2,1H3,(H,18,20)(H,21,22). The Kier molecular flexibility index (Phi) is 4.30. The maximum absolute atomic E-state index is 12.6. The minimum atomic E-state index is -1.11. The topological polar surface area (TPSA) is 115 Å². The van der Waals surface area contributed by atoms with E-state index < -0.39 is 17.4 Å². The summed E-state index contributed by atoms with van der Waals surface area (Å²) >= 11 is 0. The second-order valence-corrected chi connectivity index (χ2v) is 5.72. The van der Waals surface area contributed by atoms with Crippen molar-refractivity contribution in [2.75, 3.05) is 13.2 Å². The first-order valence-electron chi connectivity index (χ1n) is 7.54. The van der Waals surface area contributed by atoms with Gasteiger partial charge in [0.05, 0.1) is 11.3 Å². The first-order valence-corrected chi connectivity index (χ1v) is 7.54. The number of nitrogens with zero attached hydrogens (tertiary/aromatic N) is 2. The van der Waals surface area contributed by atoms with Crippen LogP contribution < -0.4 is 5.32 Å². The first-order chi connectivity index (χ1) is 11.5. The van der Waals surface area contributed by atoms with Crippen molar-refractivity contribution in [3.63, 3.8) is 0 Å². The second kappa shape index (κ2) is 6.40. The Balaban J connectivity index is 1.89. The molecule has 0 saturated carbocycles. The van der Waals surface area contributed by atoms with Crippen LogP contribution in [0.15, 0.2) is 28.9 Å². The first kappa shape index (κ1) is 16.1. The van der Waals surface area contributed by atoms with Gasteiger partial charge >= 0.3 is 5.97 Å². The molecule has 1 fully saturated rings. The van der Waals surface area contributed by atoms with Crippen LogP contribution in [-0.4, -0.2) is 40.3 Å². The highest BCUT2D eigenvalue weighted by molar-refractivity contribution is 5.96. The van der Waals surface area contributed by atoms with E-state index in [1.807, 2.05) is 0 Å². The SMILES string of the molecule is Cc1cc(C2(NC(=O)c3cc(C(=O)O)ccn3)CCOCC2)on1. The summed E-state index contributed by atoms with van der Waals surface area (Å²) in [4.78, 5) is 27.6. The van der Waals surface area contributed by atoms with Gasteiger partial charge in [-0.05, 0) is 19.1 Å². The molecule has 0 aliphatic carbocycles. The number of carbonyl (C=O) groups excluding carboxylic acids is 1. The lowest BCUT2D eigenvalue weighted by atomic mass is 9.87. The maximum atomic E-state index is 12.6. The fourth-order valence-corrected chi connectivity index (χ4v) is 2.71. The largest absolute Gasteiger partial charge is 0.478 e. The van der Waals surface area contributed by atoms with E-state index in [-0.39, 0.29) is 11.3 Å². The third-order valence-corrected chi connectivity index (χ3v) is 4.04. The summed E-state index contributed by atoms with van der Waals surface area (Å²) in [7, 11) is 0. The van der Waals surface area contributed by atoms with E-state index in [4.69, 9.17) is 14.4 Å². The maximum Gasteiger partial charge on any atom is 0.335 e. The Morgan fingerprint density at radius 1 is 1.29 bits per heavy atom. The van der Waals surface area contributed by atoms with Gasteiger partial charge in [0.2, 0.25) is 0 Å². The Bertz CT molecular complexity index is 765. The zero-order chi connectivity index (χ0) is 17.2. The fraction of sp³-hybridized carbons (Fsp3) is 0.375. The third kappa shape index (κ3) is 3.13. The van der Waals surface area contributed by atoms with Crippen molar-refractivity contribution in [1.29, 1.82) is 0 Å². The number of carboxylic acids is 1. The van der Waals surface area contributed by atoms with Crippen LogP contribution in [0.1, 0.15) is 45.1 Å². The predicted molar refractivity (Wildman–Crippen MR) is 81.6 cm³/mol. The van der Waals surface area contributed by atoms with Crippen LogP contribution in [-0.2, 0) is 10.3 Å². The number of carboxylic acid groups (broad SMARTS) is 1. The zero-order valence-corrected chi connectivity index (χ0v) is 13.1. The van der Waals surface area contributed by atoms with Gasteiger partial charge in [0, 0.05) is 38.3 Å². The average molecular weight is 331 g/mol. The summed E-state index contributed by atoms with van der Waals surface area (Å²) in [5.41, 5.74) is 0.0251. The third-order valence-electron chi connectivity index (χ3n) is 4.04. The van der Waals surface area contributed by atoms with E-state index in [9.17, 15) is 9.59 Å². The molecule has 24 heavy (non-hydrogen) atoms. The molecular weight excluding hydrogens is 314 g/mol. The molecule has 1 saturated heterocycles. The van der Waals surface area contributed by atoms with E-state index in [1.54, 1.807) is 13.0 Å². The summed E-state index contributed by atoms with van der Waals surface area (Å²) < 4.78 is 10.8. The number of hydrogen-bond donors (Lipinski definition) is 2. The van der Waals surface area contributed by atoms with Crippen molar-refractivity contribution in [3.8, 4) is 0 Å². The summed E-state index contributed by atoms with van der Waals surface area (Å²) in [6, 6.07) is 4.37. The molecule has 2 N–H and O–H groups in total. The van der Waals surface area contributed by atoms with Crippen LogP contribution >= 0.6 is 0 Å². The van der Waals surface area contributed by atoms with Crippen molar-refractivity contribution >= 4 is 11.9 Å². The number of ether oxygens (including phenoxy) is 1. The van der Waals surface area contributed by atoms with Gasteiger partial charge in [-0.1, -0.05) is 5.16 Å². The lowest BCUT2D eigenvalue weighted by molar-refractivity contribution is 0.0242. The molecule has 0 aromatic carbocycles. The van der Waals surface area contributed by atoms with Crippen molar-refractivity contribution in [3.05, 3.63) is 47.1 Å². The molecule has 8 nitrogen and oxygen atoms in total. The van der Waals surface area contributed by atoms with Crippen LogP contribution in [0.4, 0.5) is 0 Å². The summed E-state index contributed by atoms with van der Waals surface area (Å²) in [6.45, 7) is 2.75. The highest BCUT2D eigenvalue weighted by Crippen LogP contribution is 2.33. The molecular formula is C16H17N3O5. The van der Waals surface area contributed by atoms with Crippen LogP contribution in [0, 0.1) is 6.92 Å². The van der Waals surface area contributed by atoms with Gasteiger partial charge < -0.3 is 19.7 Å². The molecule has 1 aliphatic heterocycles. The number of rotatable bonds is 4. The van der Waals surface area contributed by atoms with Gasteiger partial charge in [0.1, 0.15) is 11.2 Å². The molecule has 2 aromatic rings. The molecule has 3 heterocycles. The smallest absolute Gasteiger partial charge is 0.335 e. The molecule has 0 atom stereocenters. The minimum Gasteiger partial charge on any atom is -0.478 e. The molecule has 0 radical (unpaired) electrons. The lowest BCUT2D eigenvalue weighted by Crippen LogP contribution is -2.49. The normalized spacial score (nSPS) is 16.5. The van der Waals surface area contributed by atoms with Crippen LogP contribution in [0.5, 0.6) is 0 Å². The number of aryl methyl sites for hydroxylation is 1. The Labute approximate surface area is 137 Å². The number of nitrogens with one attached hydrogen (secondary N) is 1. The van der Waals surface area contributed by atoms with Gasteiger partial charge in [-0.15, -0.1) is 0 Å². The monoisotopic (exact) mass is 331 g/mol. The van der Waals surface area contributed by atoms with Crippen LogP contribution in [0.2, 0.25) is 0 Å². The number of aromatic nitrogens is 2. The molecule has 0 unspecified atom stereocenters. The number of hydrogen-bond acceptors (Lipinski definition) is 6. The quantitative estimate of drug-likeness (QED) is 0.872. The highest BCUT2D eigenvalue weighted by Gasteiger charge is 2.40. The Morgan fingerprint density at radius 2 is 2.04 bits per heavy atom. The van der Waals surface area contributed by atoms with Crippen molar-refractivity contribution in [1.82, 2.24) is 15.5 Å². The van der Waals surface area contributed by atoms with Gasteiger partial charge in [0.25, 0.3) is 5.91 Å². The van der Waals surface area contributed by atoms with Crippen LogP contribution in [0.3, 0.4) is 0 Å². The highest BCUT2D eigenvalue weighted by atomic mass is 16.5. The van der Waals surface area contributed by atoms with E-state index in [0.717, 1.165) is 5.69 Å². The average Bonchev–Trinajstić information content (AvgIpc) is 3.03. The number of pyridine rings is 1. The Hall–Kier alpha value is -2.74. The summed E-state index contributed by atoms with van der Waals surface area (Å²) in [5, 5.41) is 15.9. The number of amides is 1. The summed E-state index contributed by atoms with van der Waals surface area (Å²) in [6.07, 6.45) is 2.37. The molecule has 8 heteroatoms. The summed E-state index contributed by atoms with van der Waals surface area (Å²) in [5.74, 6) is -1.02. The van der Waals surface area contributed by atoms with E-state index in [1.165, 1.54) is 18.3 Å². The molecule has 0 spiro atoms. The number of aromatic carboxylic acids is 1. The van der Waals surface area contributed by atoms with Gasteiger partial charge in [-0.25, -0.2) is 4.79 Å². The van der Waals surface area contributed by atoms with Crippen LogP contribution in [0.25, 0.3) is 0 Å². The minimum absolute atomic E-state index is 0.00619. The predicted octanol–water partition coefficient (Wildman–Crippen LogP) is 1.51. The molecule has 0 bridgehead atoms. The molecule has 2 aromatic heterocycles. The van der Waals surface area contributed by atoms with Crippen molar-refractivity contribution in [2.24, 2.45) is 0 Å². The molecule has 3 rings (SSSR count). The Morgan fingerprint density at radius 3 is 2.67 bits per heavy atom. The van der Waals surface area contributed by atoms with Gasteiger partial charge in [-0.2, -0.15) is 0 Å². The van der Waals surface area contributed by atoms with Crippen molar-refractivity contribution < 1.29 is 24.0 Å². The fourth-order valence-electron chi connectivity index (χ4n) is 2.71. The van der Waals surface area contributed by atoms with Gasteiger partial charge in [-0.3, -0.25) is 9.78 Å². The lowest BCUT2D eigenvalue weighted by Gasteiger charge is -2.35.